The molecule has 3 aromatic rings. The first-order valence-electron chi connectivity index (χ1n) is 7.70. The Balaban J connectivity index is 1.95. The molecule has 0 spiro atoms. The minimum absolute atomic E-state index is 0.842. The molecule has 4 heteroatoms. The molecule has 3 nitrogen and oxygen atoms in total. The number of fused-ring (bicyclic) bond motifs is 2. The van der Waals surface area contributed by atoms with Gasteiger partial charge in [0.1, 0.15) is 5.75 Å². The van der Waals surface area contributed by atoms with Gasteiger partial charge in [-0.25, -0.2) is 4.99 Å². The van der Waals surface area contributed by atoms with Gasteiger partial charge in [0.25, 0.3) is 0 Å². The van der Waals surface area contributed by atoms with Crippen LogP contribution >= 0.6 is 11.8 Å². The smallest absolute Gasteiger partial charge is 0.118 e. The van der Waals surface area contributed by atoms with Gasteiger partial charge in [0.15, 0.2) is 0 Å². The summed E-state index contributed by atoms with van der Waals surface area (Å²) in [5.74, 6) is 0.842. The highest BCUT2D eigenvalue weighted by Gasteiger charge is 2.19. The summed E-state index contributed by atoms with van der Waals surface area (Å²) >= 11 is 1.74. The van der Waals surface area contributed by atoms with E-state index in [2.05, 4.69) is 42.2 Å². The molecular formula is C20H16N2OS. The van der Waals surface area contributed by atoms with Crippen molar-refractivity contribution in [1.82, 2.24) is 4.98 Å². The van der Waals surface area contributed by atoms with Crippen LogP contribution in [0.2, 0.25) is 0 Å². The Morgan fingerprint density at radius 1 is 0.958 bits per heavy atom. The van der Waals surface area contributed by atoms with Crippen molar-refractivity contribution >= 4 is 23.2 Å². The van der Waals surface area contributed by atoms with Gasteiger partial charge in [0.2, 0.25) is 0 Å². The Morgan fingerprint density at radius 3 is 2.58 bits per heavy atom. The summed E-state index contributed by atoms with van der Waals surface area (Å²) < 4.78 is 5.27. The number of pyridine rings is 1. The zero-order valence-electron chi connectivity index (χ0n) is 13.5. The fourth-order valence-corrected chi connectivity index (χ4v) is 3.70. The molecule has 0 N–H and O–H groups in total. The van der Waals surface area contributed by atoms with E-state index in [4.69, 9.17) is 9.73 Å². The van der Waals surface area contributed by atoms with Gasteiger partial charge in [-0.05, 0) is 49.4 Å². The number of aliphatic imine (C=N–C) groups is 1. The minimum atomic E-state index is 0.842. The average molecular weight is 332 g/mol. The maximum absolute atomic E-state index is 5.27. The Bertz CT molecular complexity index is 933. The third-order valence-corrected chi connectivity index (χ3v) is 5.11. The van der Waals surface area contributed by atoms with Crippen LogP contribution in [0.25, 0.3) is 0 Å². The van der Waals surface area contributed by atoms with Gasteiger partial charge >= 0.3 is 0 Å². The third-order valence-electron chi connectivity index (χ3n) is 3.97. The third kappa shape index (κ3) is 2.69. The SMILES string of the molecule is COc1ccc(C2=Nc3cnccc3Sc3ccc(C)cc32)cc1. The van der Waals surface area contributed by atoms with E-state index in [1.807, 2.05) is 30.6 Å². The van der Waals surface area contributed by atoms with Crippen LogP contribution in [0.1, 0.15) is 16.7 Å². The number of aromatic nitrogens is 1. The molecule has 0 unspecified atom stereocenters. The lowest BCUT2D eigenvalue weighted by Gasteiger charge is -2.11. The predicted molar refractivity (Wildman–Crippen MR) is 97.8 cm³/mol. The summed E-state index contributed by atoms with van der Waals surface area (Å²) in [7, 11) is 1.68. The number of nitrogens with zero attached hydrogens (tertiary/aromatic N) is 2. The quantitative estimate of drug-likeness (QED) is 0.516. The summed E-state index contributed by atoms with van der Waals surface area (Å²) in [5.41, 5.74) is 5.32. The zero-order valence-corrected chi connectivity index (χ0v) is 14.3. The fraction of sp³-hybridized carbons (Fsp3) is 0.100. The van der Waals surface area contributed by atoms with Crippen LogP contribution in [0.15, 0.2) is 75.7 Å². The molecule has 118 valence electrons. The Morgan fingerprint density at radius 2 is 1.79 bits per heavy atom. The topological polar surface area (TPSA) is 34.5 Å². The molecule has 0 radical (unpaired) electrons. The molecule has 0 amide bonds. The van der Waals surface area contributed by atoms with Crippen LogP contribution in [0.4, 0.5) is 5.69 Å². The van der Waals surface area contributed by atoms with Gasteiger partial charge < -0.3 is 4.74 Å². The highest BCUT2D eigenvalue weighted by atomic mass is 32.2. The molecular weight excluding hydrogens is 316 g/mol. The van der Waals surface area contributed by atoms with Crippen molar-refractivity contribution in [2.75, 3.05) is 7.11 Å². The number of hydrogen-bond donors (Lipinski definition) is 0. The first kappa shape index (κ1) is 15.0. The molecule has 1 aliphatic rings. The summed E-state index contributed by atoms with van der Waals surface area (Å²) in [4.78, 5) is 11.5. The van der Waals surface area contributed by atoms with E-state index in [0.717, 1.165) is 33.2 Å². The second-order valence-electron chi connectivity index (χ2n) is 5.63. The van der Waals surface area contributed by atoms with Crippen LogP contribution in [-0.4, -0.2) is 17.8 Å². The number of rotatable bonds is 2. The largest absolute Gasteiger partial charge is 0.497 e. The van der Waals surface area contributed by atoms with Crippen molar-refractivity contribution in [2.45, 2.75) is 16.7 Å². The van der Waals surface area contributed by atoms with Gasteiger partial charge in [0.05, 0.1) is 24.7 Å². The average Bonchev–Trinajstić information content (AvgIpc) is 2.78. The van der Waals surface area contributed by atoms with E-state index < -0.39 is 0 Å². The Hall–Kier alpha value is -2.59. The molecule has 0 bridgehead atoms. The summed E-state index contributed by atoms with van der Waals surface area (Å²) in [6.45, 7) is 2.11. The molecule has 2 aromatic carbocycles. The van der Waals surface area contributed by atoms with Crippen LogP contribution in [0.3, 0.4) is 0 Å². The highest BCUT2D eigenvalue weighted by molar-refractivity contribution is 7.99. The molecule has 0 atom stereocenters. The van der Waals surface area contributed by atoms with Gasteiger partial charge in [-0.1, -0.05) is 23.4 Å². The molecule has 2 heterocycles. The van der Waals surface area contributed by atoms with Crippen molar-refractivity contribution in [1.29, 1.82) is 0 Å². The van der Waals surface area contributed by atoms with Gasteiger partial charge in [0, 0.05) is 27.1 Å². The van der Waals surface area contributed by atoms with Crippen molar-refractivity contribution in [2.24, 2.45) is 4.99 Å². The van der Waals surface area contributed by atoms with Crippen molar-refractivity contribution in [3.63, 3.8) is 0 Å². The lowest BCUT2D eigenvalue weighted by Crippen LogP contribution is -2.04. The number of aryl methyl sites for hydroxylation is 1. The van der Waals surface area contributed by atoms with Crippen LogP contribution < -0.4 is 4.74 Å². The maximum atomic E-state index is 5.27. The van der Waals surface area contributed by atoms with E-state index in [0.29, 0.717) is 0 Å². The number of ether oxygens (including phenoxy) is 1. The monoisotopic (exact) mass is 332 g/mol. The highest BCUT2D eigenvalue weighted by Crippen LogP contribution is 2.41. The van der Waals surface area contributed by atoms with Crippen LogP contribution in [0, 0.1) is 6.92 Å². The van der Waals surface area contributed by atoms with Gasteiger partial charge in [-0.2, -0.15) is 0 Å². The normalized spacial score (nSPS) is 12.7. The maximum Gasteiger partial charge on any atom is 0.118 e. The molecule has 4 rings (SSSR count). The number of methoxy groups -OCH3 is 1. The first-order valence-corrected chi connectivity index (χ1v) is 8.52. The predicted octanol–water partition coefficient (Wildman–Crippen LogP) is 5.03. The van der Waals surface area contributed by atoms with Gasteiger partial charge in [-0.3, -0.25) is 4.98 Å². The molecule has 0 aliphatic carbocycles. The summed E-state index contributed by atoms with van der Waals surface area (Å²) in [6, 6.07) is 16.6. The molecule has 0 fully saturated rings. The first-order chi connectivity index (χ1) is 11.7. The summed E-state index contributed by atoms with van der Waals surface area (Å²) in [6.07, 6.45) is 3.64. The molecule has 0 saturated carbocycles. The standard InChI is InChI=1S/C20H16N2OS/c1-13-3-8-18-16(11-13)20(14-4-6-15(23-2)7-5-14)22-17-12-21-10-9-19(17)24-18/h3-12H,1-2H3. The molecule has 0 saturated heterocycles. The number of hydrogen-bond acceptors (Lipinski definition) is 4. The second kappa shape index (κ2) is 6.13. The Kier molecular flexibility index (Phi) is 3.82. The summed E-state index contributed by atoms with van der Waals surface area (Å²) in [5, 5.41) is 0. The van der Waals surface area contributed by atoms with E-state index >= 15 is 0 Å². The van der Waals surface area contributed by atoms with Crippen LogP contribution in [-0.2, 0) is 0 Å². The Labute approximate surface area is 145 Å². The van der Waals surface area contributed by atoms with Crippen molar-refractivity contribution < 1.29 is 4.74 Å². The number of benzene rings is 2. The van der Waals surface area contributed by atoms with E-state index in [1.54, 1.807) is 18.9 Å². The van der Waals surface area contributed by atoms with E-state index in [9.17, 15) is 0 Å². The zero-order chi connectivity index (χ0) is 16.5. The molecule has 1 aliphatic heterocycles. The van der Waals surface area contributed by atoms with Crippen molar-refractivity contribution in [3.8, 4) is 5.75 Å². The second-order valence-corrected chi connectivity index (χ2v) is 6.72. The molecule has 1 aromatic heterocycles. The molecule has 24 heavy (non-hydrogen) atoms. The fourth-order valence-electron chi connectivity index (χ4n) is 2.73. The lowest BCUT2D eigenvalue weighted by atomic mass is 10.00. The van der Waals surface area contributed by atoms with Crippen molar-refractivity contribution in [3.05, 3.63) is 77.6 Å². The van der Waals surface area contributed by atoms with E-state index in [1.165, 1.54) is 10.5 Å². The van der Waals surface area contributed by atoms with Gasteiger partial charge in [-0.15, -0.1) is 0 Å². The minimum Gasteiger partial charge on any atom is -0.497 e. The van der Waals surface area contributed by atoms with Crippen LogP contribution in [0.5, 0.6) is 5.75 Å². The van der Waals surface area contributed by atoms with E-state index in [-0.39, 0.29) is 0 Å². The lowest BCUT2D eigenvalue weighted by molar-refractivity contribution is 0.415.